The van der Waals surface area contributed by atoms with Crippen LogP contribution in [0.25, 0.3) is 0 Å². The monoisotopic (exact) mass is 447 g/mol. The van der Waals surface area contributed by atoms with Crippen molar-refractivity contribution < 1.29 is 14.3 Å². The molecule has 1 N–H and O–H groups in total. The molecular weight excluding hydrogens is 418 g/mol. The van der Waals surface area contributed by atoms with Gasteiger partial charge in [0.15, 0.2) is 0 Å². The fraction of sp³-hybridized carbons (Fsp3) is 0.435. The van der Waals surface area contributed by atoms with Gasteiger partial charge in [0.1, 0.15) is 11.5 Å². The smallest absolute Gasteiger partial charge is 0.251 e. The van der Waals surface area contributed by atoms with Crippen molar-refractivity contribution in [2.24, 2.45) is 0 Å². The standard InChI is InChI=1S/C23H30BrNO3/c1-4-5-6-7-14-27-22-13-10-19(15-21(22)24)23(26)25-16-18-8-11-20(12-9-18)28-17(2)3/h8-13,15,17H,4-7,14,16H2,1-3H3,(H,25,26). The number of benzene rings is 2. The fourth-order valence-corrected chi connectivity index (χ4v) is 3.21. The summed E-state index contributed by atoms with van der Waals surface area (Å²) in [7, 11) is 0. The van der Waals surface area contributed by atoms with E-state index in [1.165, 1.54) is 19.3 Å². The van der Waals surface area contributed by atoms with E-state index in [9.17, 15) is 4.79 Å². The largest absolute Gasteiger partial charge is 0.492 e. The van der Waals surface area contributed by atoms with Gasteiger partial charge < -0.3 is 14.8 Å². The molecule has 5 heteroatoms. The van der Waals surface area contributed by atoms with Crippen molar-refractivity contribution >= 4 is 21.8 Å². The van der Waals surface area contributed by atoms with Gasteiger partial charge in [-0.3, -0.25) is 4.79 Å². The van der Waals surface area contributed by atoms with E-state index in [0.29, 0.717) is 18.7 Å². The molecule has 0 saturated heterocycles. The summed E-state index contributed by atoms with van der Waals surface area (Å²) in [6.07, 6.45) is 4.82. The van der Waals surface area contributed by atoms with Crippen LogP contribution in [0.2, 0.25) is 0 Å². The van der Waals surface area contributed by atoms with Gasteiger partial charge in [-0.05, 0) is 72.1 Å². The Morgan fingerprint density at radius 2 is 1.82 bits per heavy atom. The van der Waals surface area contributed by atoms with Gasteiger partial charge in [0.05, 0.1) is 17.2 Å². The summed E-state index contributed by atoms with van der Waals surface area (Å²) >= 11 is 3.50. The highest BCUT2D eigenvalue weighted by atomic mass is 79.9. The maximum Gasteiger partial charge on any atom is 0.251 e. The molecule has 152 valence electrons. The lowest BCUT2D eigenvalue weighted by atomic mass is 10.2. The van der Waals surface area contributed by atoms with Crippen molar-refractivity contribution in [1.82, 2.24) is 5.32 Å². The van der Waals surface area contributed by atoms with Gasteiger partial charge in [-0.2, -0.15) is 0 Å². The number of rotatable bonds is 11. The topological polar surface area (TPSA) is 47.6 Å². The van der Waals surface area contributed by atoms with Crippen LogP contribution >= 0.6 is 15.9 Å². The minimum absolute atomic E-state index is 0.113. The van der Waals surface area contributed by atoms with Gasteiger partial charge in [-0.15, -0.1) is 0 Å². The quantitative estimate of drug-likeness (QED) is 0.421. The predicted molar refractivity (Wildman–Crippen MR) is 117 cm³/mol. The number of hydrogen-bond donors (Lipinski definition) is 1. The maximum absolute atomic E-state index is 12.4. The van der Waals surface area contributed by atoms with E-state index in [1.807, 2.05) is 44.2 Å². The average molecular weight is 448 g/mol. The van der Waals surface area contributed by atoms with Crippen LogP contribution in [0.5, 0.6) is 11.5 Å². The highest BCUT2D eigenvalue weighted by molar-refractivity contribution is 9.10. The highest BCUT2D eigenvalue weighted by Gasteiger charge is 2.09. The van der Waals surface area contributed by atoms with E-state index < -0.39 is 0 Å². The summed E-state index contributed by atoms with van der Waals surface area (Å²) in [6, 6.07) is 13.2. The number of carbonyl (C=O) groups excluding carboxylic acids is 1. The van der Waals surface area contributed by atoms with Crippen molar-refractivity contribution in [1.29, 1.82) is 0 Å². The lowest BCUT2D eigenvalue weighted by Crippen LogP contribution is -2.22. The first-order valence-corrected chi connectivity index (χ1v) is 10.7. The lowest BCUT2D eigenvalue weighted by molar-refractivity contribution is 0.0951. The van der Waals surface area contributed by atoms with Crippen molar-refractivity contribution in [2.45, 2.75) is 59.1 Å². The summed E-state index contributed by atoms with van der Waals surface area (Å²) in [6.45, 7) is 7.34. The van der Waals surface area contributed by atoms with Gasteiger partial charge in [0, 0.05) is 12.1 Å². The molecule has 0 aliphatic carbocycles. The summed E-state index contributed by atoms with van der Waals surface area (Å²) in [5, 5.41) is 2.95. The van der Waals surface area contributed by atoms with Crippen molar-refractivity contribution in [3.63, 3.8) is 0 Å². The molecule has 28 heavy (non-hydrogen) atoms. The van der Waals surface area contributed by atoms with E-state index in [4.69, 9.17) is 9.47 Å². The Morgan fingerprint density at radius 3 is 2.46 bits per heavy atom. The number of hydrogen-bond acceptors (Lipinski definition) is 3. The molecule has 0 aliphatic rings. The Kier molecular flexibility index (Phi) is 9.35. The van der Waals surface area contributed by atoms with E-state index in [2.05, 4.69) is 28.2 Å². The highest BCUT2D eigenvalue weighted by Crippen LogP contribution is 2.26. The van der Waals surface area contributed by atoms with Gasteiger partial charge in [0.2, 0.25) is 0 Å². The van der Waals surface area contributed by atoms with Crippen LogP contribution in [0.15, 0.2) is 46.9 Å². The zero-order valence-electron chi connectivity index (χ0n) is 17.0. The molecule has 2 aromatic carbocycles. The second kappa shape index (κ2) is 11.7. The molecule has 0 saturated carbocycles. The SMILES string of the molecule is CCCCCCOc1ccc(C(=O)NCc2ccc(OC(C)C)cc2)cc1Br. The second-order valence-corrected chi connectivity index (χ2v) is 7.90. The van der Waals surface area contributed by atoms with Crippen LogP contribution in [0.1, 0.15) is 62.4 Å². The Balaban J connectivity index is 1.84. The molecule has 1 amide bonds. The van der Waals surface area contributed by atoms with Crippen molar-refractivity contribution in [3.05, 3.63) is 58.1 Å². The molecule has 0 unspecified atom stereocenters. The van der Waals surface area contributed by atoms with Crippen LogP contribution in [0.4, 0.5) is 0 Å². The molecule has 2 rings (SSSR count). The molecule has 0 fully saturated rings. The first kappa shape index (κ1) is 22.3. The Bertz CT molecular complexity index is 744. The number of halogens is 1. The van der Waals surface area contributed by atoms with Crippen molar-refractivity contribution in [3.8, 4) is 11.5 Å². The third kappa shape index (κ3) is 7.55. The summed E-state index contributed by atoms with van der Waals surface area (Å²) in [4.78, 5) is 12.4. The van der Waals surface area contributed by atoms with Gasteiger partial charge in [0.25, 0.3) is 5.91 Å². The lowest BCUT2D eigenvalue weighted by Gasteiger charge is -2.11. The summed E-state index contributed by atoms with van der Waals surface area (Å²) in [5.74, 6) is 1.49. The molecule has 0 aliphatic heterocycles. The molecule has 0 aromatic heterocycles. The van der Waals surface area contributed by atoms with E-state index >= 15 is 0 Å². The normalized spacial score (nSPS) is 10.8. The van der Waals surface area contributed by atoms with Crippen LogP contribution in [-0.2, 0) is 6.54 Å². The molecule has 0 bridgehead atoms. The number of amides is 1. The Hall–Kier alpha value is -2.01. The molecule has 0 heterocycles. The molecule has 0 spiro atoms. The van der Waals surface area contributed by atoms with Crippen LogP contribution < -0.4 is 14.8 Å². The second-order valence-electron chi connectivity index (χ2n) is 7.05. The summed E-state index contributed by atoms with van der Waals surface area (Å²) in [5.41, 5.74) is 1.63. The van der Waals surface area contributed by atoms with E-state index in [1.54, 1.807) is 12.1 Å². The van der Waals surface area contributed by atoms with Crippen LogP contribution in [-0.4, -0.2) is 18.6 Å². The van der Waals surface area contributed by atoms with Gasteiger partial charge in [-0.1, -0.05) is 38.3 Å². The Labute approximate surface area is 176 Å². The number of carbonyl (C=O) groups is 1. The van der Waals surface area contributed by atoms with E-state index in [0.717, 1.165) is 28.0 Å². The van der Waals surface area contributed by atoms with Crippen LogP contribution in [0.3, 0.4) is 0 Å². The molecule has 0 radical (unpaired) electrons. The van der Waals surface area contributed by atoms with Crippen molar-refractivity contribution in [2.75, 3.05) is 6.61 Å². The Morgan fingerprint density at radius 1 is 1.07 bits per heavy atom. The first-order valence-electron chi connectivity index (χ1n) is 9.95. The average Bonchev–Trinajstić information content (AvgIpc) is 2.67. The molecule has 2 aromatic rings. The maximum atomic E-state index is 12.4. The minimum Gasteiger partial charge on any atom is -0.492 e. The van der Waals surface area contributed by atoms with E-state index in [-0.39, 0.29) is 12.0 Å². The predicted octanol–water partition coefficient (Wildman–Crippen LogP) is 6.13. The third-order valence-electron chi connectivity index (χ3n) is 4.20. The number of unbranched alkanes of at least 4 members (excludes halogenated alkanes) is 3. The fourth-order valence-electron chi connectivity index (χ4n) is 2.71. The minimum atomic E-state index is -0.113. The van der Waals surface area contributed by atoms with Crippen LogP contribution in [0, 0.1) is 0 Å². The molecular formula is C23H30BrNO3. The number of nitrogens with one attached hydrogen (secondary N) is 1. The van der Waals surface area contributed by atoms with Gasteiger partial charge in [-0.25, -0.2) is 0 Å². The molecule has 0 atom stereocenters. The first-order chi connectivity index (χ1) is 13.5. The third-order valence-corrected chi connectivity index (χ3v) is 4.82. The zero-order chi connectivity index (χ0) is 20.4. The number of ether oxygens (including phenoxy) is 2. The van der Waals surface area contributed by atoms with Gasteiger partial charge >= 0.3 is 0 Å². The summed E-state index contributed by atoms with van der Waals surface area (Å²) < 4.78 is 12.2. The zero-order valence-corrected chi connectivity index (χ0v) is 18.6. The molecule has 4 nitrogen and oxygen atoms in total.